The number of nitrogen functional groups attached to an aromatic ring is 1. The highest BCUT2D eigenvalue weighted by Crippen LogP contribution is 2.18. The molecule has 0 aliphatic rings. The van der Waals surface area contributed by atoms with Crippen LogP contribution in [-0.2, 0) is 4.74 Å². The Morgan fingerprint density at radius 1 is 1.29 bits per heavy atom. The Balaban J connectivity index is 2.43. The lowest BCUT2D eigenvalue weighted by atomic mass is 10.1. The number of ether oxygens (including phenoxy) is 1. The van der Waals surface area contributed by atoms with E-state index in [2.05, 4.69) is 13.8 Å². The molecule has 78 valence electrons. The van der Waals surface area contributed by atoms with E-state index in [-0.39, 0.29) is 6.10 Å². The molecule has 0 spiro atoms. The fourth-order valence-electron chi connectivity index (χ4n) is 1.27. The first-order valence-electron chi connectivity index (χ1n) is 5.21. The van der Waals surface area contributed by atoms with E-state index in [4.69, 9.17) is 10.5 Å². The topological polar surface area (TPSA) is 35.2 Å². The van der Waals surface area contributed by atoms with E-state index in [0.717, 1.165) is 18.7 Å². The summed E-state index contributed by atoms with van der Waals surface area (Å²) in [4.78, 5) is 0. The molecule has 1 aromatic rings. The standard InChI is InChI=1S/C12H19NO/c1-3-4-9-14-10(2)11-5-7-12(13)8-6-11/h5-8,10H,3-4,9,13H2,1-2H3. The van der Waals surface area contributed by atoms with Crippen LogP contribution in [0.3, 0.4) is 0 Å². The molecular weight excluding hydrogens is 174 g/mol. The molecule has 1 aromatic carbocycles. The summed E-state index contributed by atoms with van der Waals surface area (Å²) in [5.74, 6) is 0. The molecular formula is C12H19NO. The number of nitrogens with two attached hydrogens (primary N) is 1. The number of hydrogen-bond acceptors (Lipinski definition) is 2. The zero-order chi connectivity index (χ0) is 10.4. The van der Waals surface area contributed by atoms with E-state index >= 15 is 0 Å². The van der Waals surface area contributed by atoms with Crippen molar-refractivity contribution < 1.29 is 4.74 Å². The van der Waals surface area contributed by atoms with Gasteiger partial charge >= 0.3 is 0 Å². The maximum absolute atomic E-state index is 5.67. The Bertz CT molecular complexity index is 256. The second kappa shape index (κ2) is 5.66. The molecule has 0 bridgehead atoms. The lowest BCUT2D eigenvalue weighted by Gasteiger charge is -2.13. The van der Waals surface area contributed by atoms with Crippen LogP contribution >= 0.6 is 0 Å². The predicted octanol–water partition coefficient (Wildman–Crippen LogP) is 3.15. The fraction of sp³-hybridized carbons (Fsp3) is 0.500. The molecule has 0 saturated heterocycles. The molecule has 14 heavy (non-hydrogen) atoms. The van der Waals surface area contributed by atoms with Crippen molar-refractivity contribution >= 4 is 5.69 Å². The van der Waals surface area contributed by atoms with Crippen molar-refractivity contribution in [3.8, 4) is 0 Å². The van der Waals surface area contributed by atoms with E-state index in [1.807, 2.05) is 24.3 Å². The average Bonchev–Trinajstić information content (AvgIpc) is 2.19. The van der Waals surface area contributed by atoms with Crippen molar-refractivity contribution in [3.05, 3.63) is 29.8 Å². The highest BCUT2D eigenvalue weighted by atomic mass is 16.5. The summed E-state index contributed by atoms with van der Waals surface area (Å²) in [5, 5.41) is 0. The van der Waals surface area contributed by atoms with Gasteiger partial charge in [0.15, 0.2) is 0 Å². The molecule has 0 aromatic heterocycles. The van der Waals surface area contributed by atoms with Gasteiger partial charge in [-0.1, -0.05) is 25.5 Å². The molecule has 2 heteroatoms. The van der Waals surface area contributed by atoms with Gasteiger partial charge in [0.2, 0.25) is 0 Å². The van der Waals surface area contributed by atoms with Gasteiger partial charge in [0.05, 0.1) is 6.10 Å². The molecule has 0 radical (unpaired) electrons. The lowest BCUT2D eigenvalue weighted by Crippen LogP contribution is -2.01. The zero-order valence-corrected chi connectivity index (χ0v) is 8.99. The van der Waals surface area contributed by atoms with E-state index in [9.17, 15) is 0 Å². The summed E-state index contributed by atoms with van der Waals surface area (Å²) in [7, 11) is 0. The van der Waals surface area contributed by atoms with Crippen molar-refractivity contribution in [1.82, 2.24) is 0 Å². The molecule has 0 aliphatic carbocycles. The molecule has 1 unspecified atom stereocenters. The Kier molecular flexibility index (Phi) is 4.47. The SMILES string of the molecule is CCCCOC(C)c1ccc(N)cc1. The quantitative estimate of drug-likeness (QED) is 0.576. The molecule has 2 nitrogen and oxygen atoms in total. The number of rotatable bonds is 5. The lowest BCUT2D eigenvalue weighted by molar-refractivity contribution is 0.0637. The van der Waals surface area contributed by atoms with Crippen LogP contribution < -0.4 is 5.73 Å². The zero-order valence-electron chi connectivity index (χ0n) is 8.99. The molecule has 1 rings (SSSR count). The van der Waals surface area contributed by atoms with Crippen LogP contribution in [0.25, 0.3) is 0 Å². The van der Waals surface area contributed by atoms with Crippen LogP contribution in [0.5, 0.6) is 0 Å². The average molecular weight is 193 g/mol. The highest BCUT2D eigenvalue weighted by molar-refractivity contribution is 5.39. The first kappa shape index (κ1) is 11.1. The smallest absolute Gasteiger partial charge is 0.0796 e. The maximum Gasteiger partial charge on any atom is 0.0796 e. The minimum absolute atomic E-state index is 0.169. The molecule has 0 amide bonds. The van der Waals surface area contributed by atoms with Crippen LogP contribution in [0.1, 0.15) is 38.4 Å². The van der Waals surface area contributed by atoms with Crippen molar-refractivity contribution in [2.24, 2.45) is 0 Å². The summed E-state index contributed by atoms with van der Waals surface area (Å²) in [6, 6.07) is 7.86. The third kappa shape index (κ3) is 3.38. The fourth-order valence-corrected chi connectivity index (χ4v) is 1.27. The molecule has 0 fully saturated rings. The Hall–Kier alpha value is -1.02. The van der Waals surface area contributed by atoms with E-state index in [1.54, 1.807) is 0 Å². The third-order valence-electron chi connectivity index (χ3n) is 2.27. The molecule has 0 saturated carbocycles. The van der Waals surface area contributed by atoms with Crippen LogP contribution in [0.4, 0.5) is 5.69 Å². The first-order chi connectivity index (χ1) is 6.74. The number of unbranched alkanes of at least 4 members (excludes halogenated alkanes) is 1. The van der Waals surface area contributed by atoms with Gasteiger partial charge in [-0.25, -0.2) is 0 Å². The van der Waals surface area contributed by atoms with Crippen LogP contribution in [-0.4, -0.2) is 6.61 Å². The van der Waals surface area contributed by atoms with E-state index < -0.39 is 0 Å². The first-order valence-corrected chi connectivity index (χ1v) is 5.21. The van der Waals surface area contributed by atoms with Crippen LogP contribution in [0.15, 0.2) is 24.3 Å². The molecule has 0 heterocycles. The monoisotopic (exact) mass is 193 g/mol. The Morgan fingerprint density at radius 2 is 1.93 bits per heavy atom. The van der Waals surface area contributed by atoms with Gasteiger partial charge in [0.1, 0.15) is 0 Å². The van der Waals surface area contributed by atoms with Crippen molar-refractivity contribution in [2.45, 2.75) is 32.8 Å². The molecule has 2 N–H and O–H groups in total. The normalized spacial score (nSPS) is 12.7. The van der Waals surface area contributed by atoms with Gasteiger partial charge in [0, 0.05) is 12.3 Å². The van der Waals surface area contributed by atoms with Crippen molar-refractivity contribution in [2.75, 3.05) is 12.3 Å². The van der Waals surface area contributed by atoms with Crippen LogP contribution in [0, 0.1) is 0 Å². The van der Waals surface area contributed by atoms with Gasteiger partial charge in [-0.05, 0) is 31.0 Å². The number of anilines is 1. The van der Waals surface area contributed by atoms with Gasteiger partial charge in [0.25, 0.3) is 0 Å². The number of benzene rings is 1. The Labute approximate surface area is 86.1 Å². The van der Waals surface area contributed by atoms with Gasteiger partial charge in [-0.2, -0.15) is 0 Å². The predicted molar refractivity (Wildman–Crippen MR) is 60.1 cm³/mol. The number of hydrogen-bond donors (Lipinski definition) is 1. The third-order valence-corrected chi connectivity index (χ3v) is 2.27. The minimum atomic E-state index is 0.169. The second-order valence-corrected chi connectivity index (χ2v) is 3.53. The van der Waals surface area contributed by atoms with E-state index in [0.29, 0.717) is 0 Å². The molecule has 1 atom stereocenters. The highest BCUT2D eigenvalue weighted by Gasteiger charge is 2.04. The van der Waals surface area contributed by atoms with Gasteiger partial charge in [-0.3, -0.25) is 0 Å². The van der Waals surface area contributed by atoms with Gasteiger partial charge < -0.3 is 10.5 Å². The van der Waals surface area contributed by atoms with Crippen molar-refractivity contribution in [1.29, 1.82) is 0 Å². The van der Waals surface area contributed by atoms with Crippen LogP contribution in [0.2, 0.25) is 0 Å². The summed E-state index contributed by atoms with van der Waals surface area (Å²) in [6.07, 6.45) is 2.47. The Morgan fingerprint density at radius 3 is 2.50 bits per heavy atom. The summed E-state index contributed by atoms with van der Waals surface area (Å²) in [6.45, 7) is 5.07. The minimum Gasteiger partial charge on any atom is -0.399 e. The largest absolute Gasteiger partial charge is 0.399 e. The summed E-state index contributed by atoms with van der Waals surface area (Å²) >= 11 is 0. The summed E-state index contributed by atoms with van der Waals surface area (Å²) < 4.78 is 5.67. The van der Waals surface area contributed by atoms with Gasteiger partial charge in [-0.15, -0.1) is 0 Å². The summed E-state index contributed by atoms with van der Waals surface area (Å²) in [5.41, 5.74) is 7.60. The maximum atomic E-state index is 5.67. The second-order valence-electron chi connectivity index (χ2n) is 3.53. The van der Waals surface area contributed by atoms with Crippen molar-refractivity contribution in [3.63, 3.8) is 0 Å². The van der Waals surface area contributed by atoms with E-state index in [1.165, 1.54) is 12.0 Å². The molecule has 0 aliphatic heterocycles.